The van der Waals surface area contributed by atoms with Crippen molar-refractivity contribution < 1.29 is 19.1 Å². The zero-order valence-corrected chi connectivity index (χ0v) is 11.8. The first-order chi connectivity index (χ1) is 8.87. The van der Waals surface area contributed by atoms with E-state index in [0.717, 1.165) is 5.56 Å². The van der Waals surface area contributed by atoms with Crippen molar-refractivity contribution in [2.75, 3.05) is 12.7 Å². The first kappa shape index (κ1) is 15.9. The maximum atomic E-state index is 11.6. The van der Waals surface area contributed by atoms with Gasteiger partial charge in [-0.15, -0.1) is 0 Å². The Kier molecular flexibility index (Phi) is 6.22. The molecule has 0 radical (unpaired) electrons. The third kappa shape index (κ3) is 7.78. The van der Waals surface area contributed by atoms with Gasteiger partial charge in [-0.2, -0.15) is 0 Å². The Labute approximate surface area is 113 Å². The van der Waals surface area contributed by atoms with Gasteiger partial charge in [-0.3, -0.25) is 9.36 Å². The summed E-state index contributed by atoms with van der Waals surface area (Å²) in [6.07, 6.45) is 0.845. The van der Waals surface area contributed by atoms with Gasteiger partial charge in [-0.25, -0.2) is 0 Å². The highest BCUT2D eigenvalue weighted by molar-refractivity contribution is 7.51. The molecule has 0 heterocycles. The predicted octanol–water partition coefficient (Wildman–Crippen LogP) is 1.55. The first-order valence-electron chi connectivity index (χ1n) is 6.22. The molecule has 0 aliphatic carbocycles. The molecule has 0 spiro atoms. The summed E-state index contributed by atoms with van der Waals surface area (Å²) in [5, 5.41) is 2.69. The van der Waals surface area contributed by atoms with Crippen molar-refractivity contribution in [2.24, 2.45) is 5.92 Å². The van der Waals surface area contributed by atoms with Gasteiger partial charge in [0.2, 0.25) is 5.91 Å². The molecule has 0 aliphatic heterocycles. The van der Waals surface area contributed by atoms with Crippen molar-refractivity contribution in [1.82, 2.24) is 5.32 Å². The minimum atomic E-state index is -4.00. The molecule has 5 nitrogen and oxygen atoms in total. The predicted molar refractivity (Wildman–Crippen MR) is 73.8 cm³/mol. The van der Waals surface area contributed by atoms with E-state index in [1.165, 1.54) is 0 Å². The number of aryl methyl sites for hydroxylation is 1. The molecule has 0 fully saturated rings. The zero-order chi connectivity index (χ0) is 14.3. The van der Waals surface area contributed by atoms with E-state index in [4.69, 9.17) is 9.79 Å². The maximum Gasteiger partial charge on any atom is 0.325 e. The first-order valence-corrected chi connectivity index (χ1v) is 8.02. The van der Waals surface area contributed by atoms with Crippen LogP contribution in [0.3, 0.4) is 0 Å². The molecule has 6 heteroatoms. The molecular weight excluding hydrogens is 265 g/mol. The van der Waals surface area contributed by atoms with Gasteiger partial charge in [0, 0.05) is 13.0 Å². The number of benzene rings is 1. The average molecular weight is 285 g/mol. The van der Waals surface area contributed by atoms with Crippen molar-refractivity contribution in [2.45, 2.75) is 19.8 Å². The number of carbonyl (C=O) groups is 1. The van der Waals surface area contributed by atoms with Crippen LogP contribution in [0.5, 0.6) is 0 Å². The van der Waals surface area contributed by atoms with Gasteiger partial charge in [-0.05, 0) is 17.9 Å². The second-order valence-electron chi connectivity index (χ2n) is 4.74. The number of nitrogens with one attached hydrogen (secondary N) is 1. The highest BCUT2D eigenvalue weighted by Gasteiger charge is 2.18. The van der Waals surface area contributed by atoms with Crippen molar-refractivity contribution >= 4 is 13.5 Å². The molecule has 0 saturated carbocycles. The molecule has 1 atom stereocenters. The van der Waals surface area contributed by atoms with E-state index >= 15 is 0 Å². The highest BCUT2D eigenvalue weighted by atomic mass is 31.2. The Balaban J connectivity index is 2.23. The number of hydrogen-bond acceptors (Lipinski definition) is 2. The highest BCUT2D eigenvalue weighted by Crippen LogP contribution is 2.36. The molecule has 1 rings (SSSR count). The number of rotatable bonds is 7. The standard InChI is InChI=1S/C13H20NO4P/c1-11(10-19(16,17)18)9-14-13(15)8-7-12-5-3-2-4-6-12/h2-6,11H,7-10H2,1H3,(H,14,15)(H2,16,17,18). The van der Waals surface area contributed by atoms with Gasteiger partial charge in [-0.1, -0.05) is 37.3 Å². The van der Waals surface area contributed by atoms with Crippen LogP contribution < -0.4 is 5.32 Å². The van der Waals surface area contributed by atoms with Crippen LogP contribution in [0.25, 0.3) is 0 Å². The molecular formula is C13H20NO4P. The summed E-state index contributed by atoms with van der Waals surface area (Å²) in [7, 11) is -4.00. The van der Waals surface area contributed by atoms with Gasteiger partial charge in [0.15, 0.2) is 0 Å². The Morgan fingerprint density at radius 3 is 2.53 bits per heavy atom. The van der Waals surface area contributed by atoms with Gasteiger partial charge >= 0.3 is 7.60 Å². The van der Waals surface area contributed by atoms with Crippen molar-refractivity contribution in [3.05, 3.63) is 35.9 Å². The quantitative estimate of drug-likeness (QED) is 0.663. The molecule has 3 N–H and O–H groups in total. The Bertz CT molecular complexity index is 443. The Hall–Kier alpha value is -1.16. The van der Waals surface area contributed by atoms with Crippen LogP contribution in [0, 0.1) is 5.92 Å². The summed E-state index contributed by atoms with van der Waals surface area (Å²) in [6, 6.07) is 9.70. The fourth-order valence-corrected chi connectivity index (χ4v) is 2.69. The van der Waals surface area contributed by atoms with Crippen LogP contribution in [0.4, 0.5) is 0 Å². The van der Waals surface area contributed by atoms with E-state index in [1.807, 2.05) is 30.3 Å². The van der Waals surface area contributed by atoms with E-state index in [9.17, 15) is 9.36 Å². The molecule has 0 bridgehead atoms. The van der Waals surface area contributed by atoms with E-state index in [1.54, 1.807) is 6.92 Å². The average Bonchev–Trinajstić information content (AvgIpc) is 2.33. The topological polar surface area (TPSA) is 86.6 Å². The van der Waals surface area contributed by atoms with Crippen molar-refractivity contribution in [1.29, 1.82) is 0 Å². The van der Waals surface area contributed by atoms with Crippen LogP contribution in [-0.4, -0.2) is 28.4 Å². The largest absolute Gasteiger partial charge is 0.356 e. The molecule has 1 unspecified atom stereocenters. The van der Waals surface area contributed by atoms with Crippen LogP contribution in [0.1, 0.15) is 18.9 Å². The summed E-state index contributed by atoms with van der Waals surface area (Å²) < 4.78 is 10.8. The Morgan fingerprint density at radius 2 is 1.95 bits per heavy atom. The lowest BCUT2D eigenvalue weighted by molar-refractivity contribution is -0.121. The van der Waals surface area contributed by atoms with E-state index < -0.39 is 7.60 Å². The smallest absolute Gasteiger partial charge is 0.325 e. The van der Waals surface area contributed by atoms with Crippen molar-refractivity contribution in [3.8, 4) is 0 Å². The minimum absolute atomic E-state index is 0.0959. The summed E-state index contributed by atoms with van der Waals surface area (Å²) in [4.78, 5) is 29.2. The van der Waals surface area contributed by atoms with Crippen molar-refractivity contribution in [3.63, 3.8) is 0 Å². The molecule has 0 aliphatic rings. The zero-order valence-electron chi connectivity index (χ0n) is 11.0. The lowest BCUT2D eigenvalue weighted by Gasteiger charge is -2.13. The lowest BCUT2D eigenvalue weighted by atomic mass is 10.1. The summed E-state index contributed by atoms with van der Waals surface area (Å²) >= 11 is 0. The third-order valence-electron chi connectivity index (χ3n) is 2.68. The second-order valence-corrected chi connectivity index (χ2v) is 6.44. The van der Waals surface area contributed by atoms with Crippen LogP contribution in [0.2, 0.25) is 0 Å². The summed E-state index contributed by atoms with van der Waals surface area (Å²) in [5.74, 6) is -0.331. The molecule has 1 amide bonds. The van der Waals surface area contributed by atoms with Gasteiger partial charge in [0.05, 0.1) is 6.16 Å². The number of carbonyl (C=O) groups excluding carboxylic acids is 1. The van der Waals surface area contributed by atoms with E-state index in [2.05, 4.69) is 5.32 Å². The van der Waals surface area contributed by atoms with Gasteiger partial charge in [0.1, 0.15) is 0 Å². The maximum absolute atomic E-state index is 11.6. The molecule has 0 aromatic heterocycles. The minimum Gasteiger partial charge on any atom is -0.356 e. The monoisotopic (exact) mass is 285 g/mol. The van der Waals surface area contributed by atoms with Gasteiger partial charge in [0.25, 0.3) is 0 Å². The molecule has 0 saturated heterocycles. The SMILES string of the molecule is CC(CNC(=O)CCc1ccccc1)CP(=O)(O)O. The van der Waals surface area contributed by atoms with Gasteiger partial charge < -0.3 is 15.1 Å². The summed E-state index contributed by atoms with van der Waals surface area (Å²) in [5.41, 5.74) is 1.10. The summed E-state index contributed by atoms with van der Waals surface area (Å²) in [6.45, 7) is 2.00. The lowest BCUT2D eigenvalue weighted by Crippen LogP contribution is -2.29. The second kappa shape index (κ2) is 7.43. The fraction of sp³-hybridized carbons (Fsp3) is 0.462. The van der Waals surface area contributed by atoms with Crippen LogP contribution in [0.15, 0.2) is 30.3 Å². The number of amides is 1. The molecule has 1 aromatic carbocycles. The molecule has 1 aromatic rings. The molecule has 106 valence electrons. The van der Waals surface area contributed by atoms with Crippen LogP contribution >= 0.6 is 7.60 Å². The van der Waals surface area contributed by atoms with E-state index in [0.29, 0.717) is 19.4 Å². The fourth-order valence-electron chi connectivity index (χ4n) is 1.75. The van der Waals surface area contributed by atoms with Crippen LogP contribution in [-0.2, 0) is 15.8 Å². The normalized spacial score (nSPS) is 13.0. The Morgan fingerprint density at radius 1 is 1.32 bits per heavy atom. The third-order valence-corrected chi connectivity index (χ3v) is 3.78. The number of hydrogen-bond donors (Lipinski definition) is 3. The van der Waals surface area contributed by atoms with E-state index in [-0.39, 0.29) is 18.0 Å². The molecule has 19 heavy (non-hydrogen) atoms.